The molecule has 0 aliphatic carbocycles. The number of carbonyl (C=O) groups is 1. The van der Waals surface area contributed by atoms with E-state index in [1.54, 1.807) is 30.3 Å². The number of rotatable bonds is 2. The van der Waals surface area contributed by atoms with Crippen LogP contribution in [0.2, 0.25) is 0 Å². The Balaban J connectivity index is 2.12. The standard InChI is InChI=1S/C14H18N2O/c1-14(2)8-12(16-9-14)7-13(17)10-3-5-11(15)6-4-10/h3-7,16H,8-9,15H2,1-2H3/b12-7-. The van der Waals surface area contributed by atoms with E-state index in [1.807, 2.05) is 0 Å². The number of nitrogens with one attached hydrogen (secondary N) is 1. The van der Waals surface area contributed by atoms with Gasteiger partial charge in [-0.05, 0) is 36.1 Å². The normalized spacial score (nSPS) is 20.2. The van der Waals surface area contributed by atoms with Gasteiger partial charge in [-0.25, -0.2) is 0 Å². The average Bonchev–Trinajstić information content (AvgIpc) is 2.59. The van der Waals surface area contributed by atoms with Crippen molar-refractivity contribution in [2.24, 2.45) is 5.41 Å². The monoisotopic (exact) mass is 230 g/mol. The molecule has 3 heteroatoms. The van der Waals surface area contributed by atoms with Crippen LogP contribution in [0.15, 0.2) is 36.0 Å². The number of benzene rings is 1. The summed E-state index contributed by atoms with van der Waals surface area (Å²) >= 11 is 0. The first-order valence-electron chi connectivity index (χ1n) is 5.81. The molecule has 0 amide bonds. The highest BCUT2D eigenvalue weighted by atomic mass is 16.1. The van der Waals surface area contributed by atoms with Gasteiger partial charge in [0.05, 0.1) is 0 Å². The summed E-state index contributed by atoms with van der Waals surface area (Å²) in [6.07, 6.45) is 2.62. The molecule has 0 radical (unpaired) electrons. The minimum atomic E-state index is 0.0326. The highest BCUT2D eigenvalue weighted by molar-refractivity contribution is 6.05. The third kappa shape index (κ3) is 2.87. The minimum absolute atomic E-state index is 0.0326. The predicted octanol–water partition coefficient (Wildman–Crippen LogP) is 2.35. The van der Waals surface area contributed by atoms with Crippen LogP contribution in [0.25, 0.3) is 0 Å². The molecule has 1 heterocycles. The Kier molecular flexibility index (Phi) is 2.92. The molecule has 1 aromatic carbocycles. The van der Waals surface area contributed by atoms with E-state index in [0.29, 0.717) is 11.3 Å². The van der Waals surface area contributed by atoms with Gasteiger partial charge in [-0.1, -0.05) is 13.8 Å². The van der Waals surface area contributed by atoms with E-state index < -0.39 is 0 Å². The molecule has 0 aromatic heterocycles. The van der Waals surface area contributed by atoms with E-state index in [9.17, 15) is 4.79 Å². The summed E-state index contributed by atoms with van der Waals surface area (Å²) in [5.74, 6) is 0.0326. The molecule has 0 atom stereocenters. The number of ketones is 1. The largest absolute Gasteiger partial charge is 0.399 e. The van der Waals surface area contributed by atoms with Crippen molar-refractivity contribution in [2.75, 3.05) is 12.3 Å². The second kappa shape index (κ2) is 4.24. The fourth-order valence-electron chi connectivity index (χ4n) is 1.98. The van der Waals surface area contributed by atoms with Gasteiger partial charge in [0.25, 0.3) is 0 Å². The number of nitrogen functional groups attached to an aromatic ring is 1. The molecule has 1 saturated heterocycles. The van der Waals surface area contributed by atoms with Crippen molar-refractivity contribution in [3.8, 4) is 0 Å². The van der Waals surface area contributed by atoms with Gasteiger partial charge in [-0.15, -0.1) is 0 Å². The zero-order chi connectivity index (χ0) is 12.5. The summed E-state index contributed by atoms with van der Waals surface area (Å²) in [5, 5.41) is 3.27. The third-order valence-corrected chi connectivity index (χ3v) is 2.96. The van der Waals surface area contributed by atoms with Gasteiger partial charge in [0.2, 0.25) is 0 Å². The van der Waals surface area contributed by atoms with Crippen LogP contribution < -0.4 is 11.1 Å². The molecular formula is C14H18N2O. The summed E-state index contributed by atoms with van der Waals surface area (Å²) in [7, 11) is 0. The Hall–Kier alpha value is -1.77. The molecule has 3 N–H and O–H groups in total. The lowest BCUT2D eigenvalue weighted by atomic mass is 9.92. The zero-order valence-corrected chi connectivity index (χ0v) is 10.3. The Morgan fingerprint density at radius 1 is 1.35 bits per heavy atom. The van der Waals surface area contributed by atoms with Gasteiger partial charge in [0.1, 0.15) is 0 Å². The van der Waals surface area contributed by atoms with Crippen molar-refractivity contribution in [2.45, 2.75) is 20.3 Å². The molecule has 0 bridgehead atoms. The molecule has 3 nitrogen and oxygen atoms in total. The molecule has 90 valence electrons. The molecule has 1 aliphatic heterocycles. The lowest BCUT2D eigenvalue weighted by molar-refractivity contribution is 0.104. The SMILES string of the molecule is CC1(C)CN/C(=C\C(=O)c2ccc(N)cc2)C1. The van der Waals surface area contributed by atoms with Gasteiger partial charge in [-0.2, -0.15) is 0 Å². The van der Waals surface area contributed by atoms with Gasteiger partial charge < -0.3 is 11.1 Å². The maximum atomic E-state index is 12.0. The van der Waals surface area contributed by atoms with E-state index in [1.165, 1.54) is 0 Å². The summed E-state index contributed by atoms with van der Waals surface area (Å²) in [4.78, 5) is 12.0. The minimum Gasteiger partial charge on any atom is -0.399 e. The smallest absolute Gasteiger partial charge is 0.187 e. The summed E-state index contributed by atoms with van der Waals surface area (Å²) < 4.78 is 0. The lowest BCUT2D eigenvalue weighted by Crippen LogP contribution is -2.15. The van der Waals surface area contributed by atoms with Crippen LogP contribution in [0.1, 0.15) is 30.6 Å². The average molecular weight is 230 g/mol. The first-order valence-corrected chi connectivity index (χ1v) is 5.81. The highest BCUT2D eigenvalue weighted by Gasteiger charge is 2.26. The van der Waals surface area contributed by atoms with Crippen molar-refractivity contribution in [1.29, 1.82) is 0 Å². The van der Waals surface area contributed by atoms with E-state index in [2.05, 4.69) is 19.2 Å². The van der Waals surface area contributed by atoms with Gasteiger partial charge >= 0.3 is 0 Å². The number of allylic oxidation sites excluding steroid dienone is 2. The van der Waals surface area contributed by atoms with Gasteiger partial charge in [0.15, 0.2) is 5.78 Å². The van der Waals surface area contributed by atoms with Crippen molar-refractivity contribution >= 4 is 11.5 Å². The topological polar surface area (TPSA) is 55.1 Å². The van der Waals surface area contributed by atoms with Crippen molar-refractivity contribution in [1.82, 2.24) is 5.32 Å². The van der Waals surface area contributed by atoms with Crippen LogP contribution in [0, 0.1) is 5.41 Å². The van der Waals surface area contributed by atoms with Crippen LogP contribution in [0.3, 0.4) is 0 Å². The van der Waals surface area contributed by atoms with Gasteiger partial charge in [-0.3, -0.25) is 4.79 Å². The quantitative estimate of drug-likeness (QED) is 0.466. The second-order valence-corrected chi connectivity index (χ2v) is 5.35. The molecular weight excluding hydrogens is 212 g/mol. The van der Waals surface area contributed by atoms with Crippen LogP contribution in [0.4, 0.5) is 5.69 Å². The Labute approximate surface area is 102 Å². The van der Waals surface area contributed by atoms with Crippen molar-refractivity contribution < 1.29 is 4.79 Å². The fraction of sp³-hybridized carbons (Fsp3) is 0.357. The van der Waals surface area contributed by atoms with Crippen molar-refractivity contribution in [3.63, 3.8) is 0 Å². The van der Waals surface area contributed by atoms with E-state index >= 15 is 0 Å². The molecule has 0 saturated carbocycles. The highest BCUT2D eigenvalue weighted by Crippen LogP contribution is 2.29. The number of anilines is 1. The molecule has 17 heavy (non-hydrogen) atoms. The molecule has 1 aromatic rings. The Bertz CT molecular complexity index is 458. The molecule has 2 rings (SSSR count). The van der Waals surface area contributed by atoms with Crippen LogP contribution in [0.5, 0.6) is 0 Å². The number of hydrogen-bond donors (Lipinski definition) is 2. The van der Waals surface area contributed by atoms with E-state index in [-0.39, 0.29) is 11.2 Å². The van der Waals surface area contributed by atoms with Crippen LogP contribution in [-0.2, 0) is 0 Å². The predicted molar refractivity (Wildman–Crippen MR) is 69.7 cm³/mol. The van der Waals surface area contributed by atoms with E-state index in [4.69, 9.17) is 5.73 Å². The fourth-order valence-corrected chi connectivity index (χ4v) is 1.98. The third-order valence-electron chi connectivity index (χ3n) is 2.96. The lowest BCUT2D eigenvalue weighted by Gasteiger charge is -2.12. The first kappa shape index (κ1) is 11.7. The Morgan fingerprint density at radius 2 is 2.00 bits per heavy atom. The Morgan fingerprint density at radius 3 is 2.53 bits per heavy atom. The molecule has 1 aliphatic rings. The molecule has 0 spiro atoms. The molecule has 1 fully saturated rings. The summed E-state index contributed by atoms with van der Waals surface area (Å²) in [6.45, 7) is 5.30. The summed E-state index contributed by atoms with van der Waals surface area (Å²) in [5.41, 5.74) is 8.21. The zero-order valence-electron chi connectivity index (χ0n) is 10.3. The number of hydrogen-bond acceptors (Lipinski definition) is 3. The number of carbonyl (C=O) groups excluding carboxylic acids is 1. The summed E-state index contributed by atoms with van der Waals surface area (Å²) in [6, 6.07) is 7.01. The number of nitrogens with two attached hydrogens (primary N) is 1. The maximum Gasteiger partial charge on any atom is 0.187 e. The van der Waals surface area contributed by atoms with Gasteiger partial charge in [0, 0.05) is 29.6 Å². The van der Waals surface area contributed by atoms with E-state index in [0.717, 1.165) is 18.7 Å². The first-order chi connectivity index (χ1) is 7.96. The second-order valence-electron chi connectivity index (χ2n) is 5.35. The van der Waals surface area contributed by atoms with Crippen molar-refractivity contribution in [3.05, 3.63) is 41.6 Å². The molecule has 0 unspecified atom stereocenters. The van der Waals surface area contributed by atoms with Crippen LogP contribution >= 0.6 is 0 Å². The maximum absolute atomic E-state index is 12.0. The van der Waals surface area contributed by atoms with Crippen LogP contribution in [-0.4, -0.2) is 12.3 Å².